The van der Waals surface area contributed by atoms with E-state index >= 15 is 0 Å². The van der Waals surface area contributed by atoms with Crippen molar-refractivity contribution in [3.05, 3.63) is 71.8 Å². The zero-order valence-electron chi connectivity index (χ0n) is 18.0. The van der Waals surface area contributed by atoms with Crippen molar-refractivity contribution in [2.24, 2.45) is 0 Å². The zero-order valence-corrected chi connectivity index (χ0v) is 19.0. The Kier molecular flexibility index (Phi) is 7.62. The van der Waals surface area contributed by atoms with Gasteiger partial charge in [-0.1, -0.05) is 125 Å². The third kappa shape index (κ3) is 5.41. The van der Waals surface area contributed by atoms with Crippen LogP contribution in [0.4, 0.5) is 0 Å². The van der Waals surface area contributed by atoms with E-state index in [1.165, 1.54) is 87.8 Å². The van der Waals surface area contributed by atoms with Gasteiger partial charge in [0, 0.05) is 0 Å². The molecule has 29 heavy (non-hydrogen) atoms. The molecular formula is C27H38OSi. The summed E-state index contributed by atoms with van der Waals surface area (Å²) in [5.41, 5.74) is 4.59. The third-order valence-electron chi connectivity index (χ3n) is 7.59. The van der Waals surface area contributed by atoms with Crippen molar-refractivity contribution in [3.8, 4) is 0 Å². The predicted molar refractivity (Wildman–Crippen MR) is 126 cm³/mol. The topological polar surface area (TPSA) is 9.23 Å². The first-order valence-corrected chi connectivity index (χ1v) is 14.4. The van der Waals surface area contributed by atoms with Gasteiger partial charge in [0.1, 0.15) is 0 Å². The molecule has 0 saturated heterocycles. The largest absolute Gasteiger partial charge is 0.412 e. The fraction of sp³-hybridized carbons (Fsp3) is 0.556. The summed E-state index contributed by atoms with van der Waals surface area (Å²) in [4.78, 5) is 0. The Bertz CT molecular complexity index is 638. The Morgan fingerprint density at radius 1 is 0.621 bits per heavy atom. The smallest absolute Gasteiger partial charge is 0.199 e. The highest BCUT2D eigenvalue weighted by molar-refractivity contribution is 6.76. The fourth-order valence-electron chi connectivity index (χ4n) is 6.01. The first kappa shape index (κ1) is 20.9. The number of hydrogen-bond donors (Lipinski definition) is 0. The van der Waals surface area contributed by atoms with Crippen LogP contribution in [0.25, 0.3) is 0 Å². The first-order chi connectivity index (χ1) is 14.4. The van der Waals surface area contributed by atoms with Gasteiger partial charge in [-0.3, -0.25) is 0 Å². The molecular weight excluding hydrogens is 368 g/mol. The van der Waals surface area contributed by atoms with Crippen LogP contribution in [-0.2, 0) is 17.5 Å². The van der Waals surface area contributed by atoms with Gasteiger partial charge >= 0.3 is 0 Å². The Morgan fingerprint density at radius 2 is 1.10 bits per heavy atom. The molecule has 2 heteroatoms. The Labute approximate surface area is 179 Å². The number of benzene rings is 2. The van der Waals surface area contributed by atoms with Crippen LogP contribution in [0.3, 0.4) is 0 Å². The van der Waals surface area contributed by atoms with Crippen LogP contribution in [0.1, 0.15) is 75.3 Å². The van der Waals surface area contributed by atoms with Crippen LogP contribution >= 0.6 is 0 Å². The van der Waals surface area contributed by atoms with Crippen LogP contribution in [0.15, 0.2) is 60.7 Å². The quantitative estimate of drug-likeness (QED) is 0.403. The molecule has 2 fully saturated rings. The van der Waals surface area contributed by atoms with Gasteiger partial charge in [0.15, 0.2) is 8.32 Å². The Morgan fingerprint density at radius 3 is 1.62 bits per heavy atom. The van der Waals surface area contributed by atoms with Gasteiger partial charge in [-0.15, -0.1) is 0 Å². The summed E-state index contributed by atoms with van der Waals surface area (Å²) in [6.07, 6.45) is 15.5. The molecule has 1 nitrogen and oxygen atoms in total. The van der Waals surface area contributed by atoms with Crippen LogP contribution in [0.2, 0.25) is 17.1 Å². The van der Waals surface area contributed by atoms with Crippen molar-refractivity contribution in [2.75, 3.05) is 0 Å². The molecule has 0 aromatic heterocycles. The molecule has 0 amide bonds. The van der Waals surface area contributed by atoms with Crippen LogP contribution in [0.5, 0.6) is 0 Å². The second-order valence-electron chi connectivity index (χ2n) is 9.38. The van der Waals surface area contributed by atoms with Gasteiger partial charge in [-0.2, -0.15) is 0 Å². The highest BCUT2D eigenvalue weighted by Gasteiger charge is 2.49. The third-order valence-corrected chi connectivity index (χ3v) is 13.2. The summed E-state index contributed by atoms with van der Waals surface area (Å²) in [6.45, 7) is 0.828. The Hall–Kier alpha value is -1.38. The average Bonchev–Trinajstić information content (AvgIpc) is 2.82. The molecule has 0 bridgehead atoms. The van der Waals surface area contributed by atoms with E-state index in [4.69, 9.17) is 4.43 Å². The minimum Gasteiger partial charge on any atom is -0.412 e. The number of rotatable bonds is 8. The molecule has 2 aromatic carbocycles. The van der Waals surface area contributed by atoms with Crippen molar-refractivity contribution in [1.29, 1.82) is 0 Å². The molecule has 2 aliphatic rings. The lowest BCUT2D eigenvalue weighted by molar-refractivity contribution is 0.246. The van der Waals surface area contributed by atoms with Gasteiger partial charge < -0.3 is 4.43 Å². The van der Waals surface area contributed by atoms with Crippen LogP contribution in [-0.4, -0.2) is 8.32 Å². The summed E-state index contributed by atoms with van der Waals surface area (Å²) in [6, 6.07) is 23.4. The summed E-state index contributed by atoms with van der Waals surface area (Å²) in [5, 5.41) is 0. The monoisotopic (exact) mass is 406 g/mol. The van der Waals surface area contributed by atoms with Gasteiger partial charge in [0.2, 0.25) is 0 Å². The molecule has 0 unspecified atom stereocenters. The molecule has 4 rings (SSSR count). The fourth-order valence-corrected chi connectivity index (χ4v) is 12.0. The SMILES string of the molecule is c1ccc(CC[Si](OCc2ccccc2)(C2CCCCC2)C2CCCCC2)cc1. The molecule has 0 aliphatic heterocycles. The van der Waals surface area contributed by atoms with E-state index in [1.807, 2.05) is 0 Å². The maximum absolute atomic E-state index is 7.26. The van der Waals surface area contributed by atoms with E-state index < -0.39 is 8.32 Å². The van der Waals surface area contributed by atoms with Crippen LogP contribution < -0.4 is 0 Å². The Balaban J connectivity index is 1.60. The van der Waals surface area contributed by atoms with Gasteiger partial charge in [-0.05, 0) is 34.7 Å². The highest BCUT2D eigenvalue weighted by atomic mass is 28.4. The summed E-state index contributed by atoms with van der Waals surface area (Å²) < 4.78 is 7.26. The average molecular weight is 407 g/mol. The number of aryl methyl sites for hydroxylation is 1. The second kappa shape index (κ2) is 10.6. The maximum atomic E-state index is 7.26. The predicted octanol–water partition coefficient (Wildman–Crippen LogP) is 8.06. The van der Waals surface area contributed by atoms with E-state index in [1.54, 1.807) is 0 Å². The molecule has 0 atom stereocenters. The molecule has 0 spiro atoms. The van der Waals surface area contributed by atoms with Gasteiger partial charge in [-0.25, -0.2) is 0 Å². The summed E-state index contributed by atoms with van der Waals surface area (Å²) >= 11 is 0. The molecule has 0 heterocycles. The van der Waals surface area contributed by atoms with E-state index in [0.29, 0.717) is 0 Å². The van der Waals surface area contributed by atoms with Crippen molar-refractivity contribution in [1.82, 2.24) is 0 Å². The molecule has 2 saturated carbocycles. The van der Waals surface area contributed by atoms with E-state index in [9.17, 15) is 0 Å². The zero-order chi connectivity index (χ0) is 19.8. The first-order valence-electron chi connectivity index (χ1n) is 12.1. The summed E-state index contributed by atoms with van der Waals surface area (Å²) in [5.74, 6) is 0. The lowest BCUT2D eigenvalue weighted by Crippen LogP contribution is -2.49. The van der Waals surface area contributed by atoms with Crippen molar-refractivity contribution < 1.29 is 4.43 Å². The highest BCUT2D eigenvalue weighted by Crippen LogP contribution is 2.51. The van der Waals surface area contributed by atoms with E-state index in [-0.39, 0.29) is 0 Å². The molecule has 2 aromatic rings. The normalized spacial score (nSPS) is 19.3. The van der Waals surface area contributed by atoms with Crippen LogP contribution in [0, 0.1) is 0 Å². The number of hydrogen-bond acceptors (Lipinski definition) is 1. The minimum atomic E-state index is -1.86. The van der Waals surface area contributed by atoms with Gasteiger partial charge in [0.25, 0.3) is 0 Å². The lowest BCUT2D eigenvalue weighted by atomic mass is 9.99. The molecule has 0 N–H and O–H groups in total. The second-order valence-corrected chi connectivity index (χ2v) is 13.7. The molecule has 2 aliphatic carbocycles. The standard InChI is InChI=1S/C27H38OSi/c1-5-13-24(14-6-1)21-22-29(26-17-9-3-10-18-26,27-19-11-4-12-20-27)28-23-25-15-7-2-8-16-25/h1-2,5-8,13-16,26-27H,3-4,9-12,17-23H2. The van der Waals surface area contributed by atoms with Crippen molar-refractivity contribution >= 4 is 8.32 Å². The van der Waals surface area contributed by atoms with E-state index in [2.05, 4.69) is 60.7 Å². The van der Waals surface area contributed by atoms with Gasteiger partial charge in [0.05, 0.1) is 6.61 Å². The van der Waals surface area contributed by atoms with Crippen molar-refractivity contribution in [2.45, 2.75) is 94.4 Å². The lowest BCUT2D eigenvalue weighted by Gasteiger charge is -2.47. The maximum Gasteiger partial charge on any atom is 0.199 e. The molecule has 156 valence electrons. The van der Waals surface area contributed by atoms with Crippen molar-refractivity contribution in [3.63, 3.8) is 0 Å². The minimum absolute atomic E-state index is 0.828. The summed E-state index contributed by atoms with van der Waals surface area (Å²) in [7, 11) is -1.86. The van der Waals surface area contributed by atoms with E-state index in [0.717, 1.165) is 17.7 Å². The molecule has 0 radical (unpaired) electrons.